The van der Waals surface area contributed by atoms with Crippen molar-refractivity contribution in [2.75, 3.05) is 13.7 Å². The highest BCUT2D eigenvalue weighted by atomic mass is 16.5. The van der Waals surface area contributed by atoms with Crippen LogP contribution in [0.2, 0.25) is 0 Å². The van der Waals surface area contributed by atoms with Gasteiger partial charge in [0.05, 0.1) is 7.11 Å². The van der Waals surface area contributed by atoms with Gasteiger partial charge in [-0.3, -0.25) is 9.59 Å². The fourth-order valence-corrected chi connectivity index (χ4v) is 1.97. The predicted molar refractivity (Wildman–Crippen MR) is 65.8 cm³/mol. The lowest BCUT2D eigenvalue weighted by atomic mass is 9.84. The minimum Gasteiger partial charge on any atom is -0.467 e. The van der Waals surface area contributed by atoms with Crippen LogP contribution in [0.15, 0.2) is 0 Å². The van der Waals surface area contributed by atoms with Crippen LogP contribution in [0, 0.1) is 5.41 Å². The van der Waals surface area contributed by atoms with Gasteiger partial charge in [-0.1, -0.05) is 20.8 Å². The van der Waals surface area contributed by atoms with E-state index in [1.54, 1.807) is 13.8 Å². The average Bonchev–Trinajstić information content (AvgIpc) is 2.85. The molecule has 5 nitrogen and oxygen atoms in total. The first kappa shape index (κ1) is 14.7. The Morgan fingerprint density at radius 2 is 1.94 bits per heavy atom. The molecule has 0 saturated carbocycles. The fraction of sp³-hybridized carbons (Fsp3) is 0.769. The number of hydrogen-bond acceptors (Lipinski definition) is 4. The van der Waals surface area contributed by atoms with Crippen molar-refractivity contribution < 1.29 is 19.1 Å². The number of nitrogens with zero attached hydrogens (tertiary/aromatic N) is 1. The van der Waals surface area contributed by atoms with Crippen LogP contribution in [-0.2, 0) is 19.1 Å². The molecule has 0 unspecified atom stereocenters. The first-order valence-corrected chi connectivity index (χ1v) is 6.28. The van der Waals surface area contributed by atoms with Crippen LogP contribution in [0.1, 0.15) is 40.0 Å². The second kappa shape index (κ2) is 5.50. The zero-order valence-corrected chi connectivity index (χ0v) is 11.5. The molecule has 5 heteroatoms. The average molecular weight is 255 g/mol. The summed E-state index contributed by atoms with van der Waals surface area (Å²) in [7, 11) is 1.29. The molecule has 0 bridgehead atoms. The lowest BCUT2D eigenvalue weighted by Crippen LogP contribution is -2.47. The van der Waals surface area contributed by atoms with E-state index < -0.39 is 29.1 Å². The summed E-state index contributed by atoms with van der Waals surface area (Å²) < 4.78 is 4.66. The predicted octanol–water partition coefficient (Wildman–Crippen LogP) is 1.16. The van der Waals surface area contributed by atoms with Gasteiger partial charge in [0.25, 0.3) is 5.91 Å². The summed E-state index contributed by atoms with van der Waals surface area (Å²) in [6.45, 7) is 5.81. The summed E-state index contributed by atoms with van der Waals surface area (Å²) in [5.41, 5.74) is -0.680. The lowest BCUT2D eigenvalue weighted by Gasteiger charge is -2.26. The highest BCUT2D eigenvalue weighted by Gasteiger charge is 2.41. The highest BCUT2D eigenvalue weighted by Crippen LogP contribution is 2.25. The van der Waals surface area contributed by atoms with E-state index in [0.29, 0.717) is 19.4 Å². The summed E-state index contributed by atoms with van der Waals surface area (Å²) in [5.74, 6) is -1.43. The first-order chi connectivity index (χ1) is 8.35. The van der Waals surface area contributed by atoms with Crippen molar-refractivity contribution in [2.24, 2.45) is 5.41 Å². The Labute approximate surface area is 107 Å². The number of hydrogen-bond donors (Lipinski definition) is 0. The van der Waals surface area contributed by atoms with Gasteiger partial charge in [-0.2, -0.15) is 0 Å². The quantitative estimate of drug-likeness (QED) is 0.558. The molecule has 1 atom stereocenters. The van der Waals surface area contributed by atoms with Crippen LogP contribution in [0.5, 0.6) is 0 Å². The summed E-state index contributed by atoms with van der Waals surface area (Å²) in [6.07, 6.45) is 1.89. The Bertz CT molecular complexity index is 362. The van der Waals surface area contributed by atoms with E-state index in [0.717, 1.165) is 6.42 Å². The Morgan fingerprint density at radius 1 is 1.33 bits per heavy atom. The van der Waals surface area contributed by atoms with Crippen LogP contribution in [0.4, 0.5) is 0 Å². The van der Waals surface area contributed by atoms with Gasteiger partial charge in [-0.15, -0.1) is 0 Å². The molecule has 1 fully saturated rings. The van der Waals surface area contributed by atoms with Gasteiger partial charge in [0.2, 0.25) is 5.78 Å². The highest BCUT2D eigenvalue weighted by molar-refractivity contribution is 6.38. The van der Waals surface area contributed by atoms with Gasteiger partial charge in [0, 0.05) is 12.0 Å². The maximum Gasteiger partial charge on any atom is 0.328 e. The maximum absolute atomic E-state index is 12.2. The Morgan fingerprint density at radius 3 is 2.44 bits per heavy atom. The van der Waals surface area contributed by atoms with E-state index in [9.17, 15) is 14.4 Å². The van der Waals surface area contributed by atoms with Crippen molar-refractivity contribution >= 4 is 17.7 Å². The van der Waals surface area contributed by atoms with Crippen LogP contribution in [0.3, 0.4) is 0 Å². The molecule has 102 valence electrons. The van der Waals surface area contributed by atoms with Crippen LogP contribution in [-0.4, -0.2) is 42.3 Å². The molecule has 0 spiro atoms. The standard InChI is InChI=1S/C13H21NO4/c1-5-13(2,3)10(15)11(16)14-8-6-7-9(14)12(17)18-4/h9H,5-8H2,1-4H3/t9-/m1/s1. The monoisotopic (exact) mass is 255 g/mol. The van der Waals surface area contributed by atoms with Crippen molar-refractivity contribution in [3.8, 4) is 0 Å². The van der Waals surface area contributed by atoms with Gasteiger partial charge in [-0.05, 0) is 19.3 Å². The van der Waals surface area contributed by atoms with Crippen molar-refractivity contribution in [1.82, 2.24) is 4.90 Å². The first-order valence-electron chi connectivity index (χ1n) is 6.28. The van der Waals surface area contributed by atoms with Gasteiger partial charge in [0.1, 0.15) is 6.04 Å². The maximum atomic E-state index is 12.2. The molecule has 1 heterocycles. The molecule has 1 saturated heterocycles. The third kappa shape index (κ3) is 2.71. The van der Waals surface area contributed by atoms with Crippen LogP contribution in [0.25, 0.3) is 0 Å². The minimum atomic E-state index is -0.680. The summed E-state index contributed by atoms with van der Waals surface area (Å²) in [5, 5.41) is 0. The smallest absolute Gasteiger partial charge is 0.328 e. The molecular weight excluding hydrogens is 234 g/mol. The number of ketones is 1. The van der Waals surface area contributed by atoms with Crippen LogP contribution >= 0.6 is 0 Å². The Balaban J connectivity index is 2.84. The molecule has 1 rings (SSSR count). The molecule has 0 aromatic rings. The second-order valence-corrected chi connectivity index (χ2v) is 5.25. The molecular formula is C13H21NO4. The van der Waals surface area contributed by atoms with Crippen molar-refractivity contribution in [2.45, 2.75) is 46.1 Å². The topological polar surface area (TPSA) is 63.7 Å². The number of carbonyl (C=O) groups excluding carboxylic acids is 3. The number of rotatable bonds is 4. The zero-order valence-electron chi connectivity index (χ0n) is 11.5. The Hall–Kier alpha value is -1.39. The fourth-order valence-electron chi connectivity index (χ4n) is 1.97. The molecule has 1 aliphatic heterocycles. The van der Waals surface area contributed by atoms with Crippen molar-refractivity contribution in [1.29, 1.82) is 0 Å². The number of Topliss-reactive ketones (excluding diaryl/α,β-unsaturated/α-hetero) is 1. The Kier molecular flexibility index (Phi) is 4.48. The molecule has 0 radical (unpaired) electrons. The van der Waals surface area contributed by atoms with Gasteiger partial charge < -0.3 is 9.64 Å². The van der Waals surface area contributed by atoms with E-state index in [-0.39, 0.29) is 0 Å². The summed E-state index contributed by atoms with van der Waals surface area (Å²) in [4.78, 5) is 37.1. The minimum absolute atomic E-state index is 0.430. The molecule has 1 amide bonds. The van der Waals surface area contributed by atoms with Gasteiger partial charge >= 0.3 is 5.97 Å². The van der Waals surface area contributed by atoms with E-state index in [1.807, 2.05) is 6.92 Å². The molecule has 0 N–H and O–H groups in total. The largest absolute Gasteiger partial charge is 0.467 e. The third-order valence-electron chi connectivity index (χ3n) is 3.68. The molecule has 1 aliphatic rings. The third-order valence-corrected chi connectivity index (χ3v) is 3.68. The second-order valence-electron chi connectivity index (χ2n) is 5.25. The number of ether oxygens (including phenoxy) is 1. The summed E-state index contributed by atoms with van der Waals surface area (Å²) >= 11 is 0. The lowest BCUT2D eigenvalue weighted by molar-refractivity contribution is -0.156. The van der Waals surface area contributed by atoms with E-state index in [1.165, 1.54) is 12.0 Å². The van der Waals surface area contributed by atoms with E-state index in [4.69, 9.17) is 0 Å². The number of methoxy groups -OCH3 is 1. The number of esters is 1. The zero-order chi connectivity index (χ0) is 13.9. The number of amides is 1. The number of carbonyl (C=O) groups is 3. The SMILES string of the molecule is CCC(C)(C)C(=O)C(=O)N1CCC[C@@H]1C(=O)OC. The van der Waals surface area contributed by atoms with Gasteiger partial charge in [-0.25, -0.2) is 4.79 Å². The van der Waals surface area contributed by atoms with Gasteiger partial charge in [0.15, 0.2) is 0 Å². The molecule has 0 aliphatic carbocycles. The van der Waals surface area contributed by atoms with E-state index in [2.05, 4.69) is 4.74 Å². The summed E-state index contributed by atoms with van der Waals surface area (Å²) in [6, 6.07) is -0.598. The van der Waals surface area contributed by atoms with Crippen LogP contribution < -0.4 is 0 Å². The molecule has 0 aromatic heterocycles. The van der Waals surface area contributed by atoms with Crippen molar-refractivity contribution in [3.05, 3.63) is 0 Å². The molecule has 0 aromatic carbocycles. The molecule has 18 heavy (non-hydrogen) atoms. The van der Waals surface area contributed by atoms with E-state index >= 15 is 0 Å². The number of likely N-dealkylation sites (tertiary alicyclic amines) is 1. The normalized spacial score (nSPS) is 19.8. The van der Waals surface area contributed by atoms with Crippen molar-refractivity contribution in [3.63, 3.8) is 0 Å².